The SMILES string of the molecule is C/C(=C\c1ccc(O)c(O)c1)C(=O)OC/C=C/c1ccccc1. The molecule has 0 unspecified atom stereocenters. The van der Waals surface area contributed by atoms with E-state index in [4.69, 9.17) is 4.74 Å². The second-order valence-electron chi connectivity index (χ2n) is 4.99. The van der Waals surface area contributed by atoms with Gasteiger partial charge in [0.2, 0.25) is 0 Å². The average Bonchev–Trinajstić information content (AvgIpc) is 2.55. The van der Waals surface area contributed by atoms with Crippen LogP contribution in [0.5, 0.6) is 11.5 Å². The van der Waals surface area contributed by atoms with Gasteiger partial charge in [-0.15, -0.1) is 0 Å². The first kappa shape index (κ1) is 16.4. The van der Waals surface area contributed by atoms with Crippen LogP contribution < -0.4 is 0 Å². The highest BCUT2D eigenvalue weighted by Gasteiger charge is 2.06. The van der Waals surface area contributed by atoms with Crippen LogP contribution in [0.25, 0.3) is 12.2 Å². The van der Waals surface area contributed by atoms with Crippen molar-refractivity contribution in [1.82, 2.24) is 0 Å². The molecule has 2 N–H and O–H groups in total. The van der Waals surface area contributed by atoms with Gasteiger partial charge in [-0.1, -0.05) is 42.5 Å². The zero-order valence-electron chi connectivity index (χ0n) is 12.8. The molecule has 0 spiro atoms. The third kappa shape index (κ3) is 5.04. The summed E-state index contributed by atoms with van der Waals surface area (Å²) in [5.74, 6) is -0.866. The van der Waals surface area contributed by atoms with Gasteiger partial charge in [0.1, 0.15) is 6.61 Å². The normalized spacial score (nSPS) is 11.6. The molecule has 0 bridgehead atoms. The van der Waals surface area contributed by atoms with Gasteiger partial charge in [0.25, 0.3) is 0 Å². The summed E-state index contributed by atoms with van der Waals surface area (Å²) >= 11 is 0. The summed E-state index contributed by atoms with van der Waals surface area (Å²) in [7, 11) is 0. The first-order chi connectivity index (χ1) is 11.1. The standard InChI is InChI=1S/C19H18O4/c1-14(12-16-9-10-17(20)18(21)13-16)19(22)23-11-5-8-15-6-3-2-4-7-15/h2-10,12-13,20-21H,11H2,1H3/b8-5+,14-12+. The molecule has 0 saturated heterocycles. The Morgan fingerprint density at radius 3 is 2.48 bits per heavy atom. The summed E-state index contributed by atoms with van der Waals surface area (Å²) in [5.41, 5.74) is 2.05. The van der Waals surface area contributed by atoms with E-state index in [9.17, 15) is 15.0 Å². The Hall–Kier alpha value is -3.01. The van der Waals surface area contributed by atoms with Crippen molar-refractivity contribution in [2.45, 2.75) is 6.92 Å². The van der Waals surface area contributed by atoms with Crippen molar-refractivity contribution in [2.75, 3.05) is 6.61 Å². The van der Waals surface area contributed by atoms with Crippen molar-refractivity contribution in [3.8, 4) is 11.5 Å². The van der Waals surface area contributed by atoms with Crippen molar-refractivity contribution in [1.29, 1.82) is 0 Å². The number of benzene rings is 2. The summed E-state index contributed by atoms with van der Waals surface area (Å²) in [6, 6.07) is 14.1. The van der Waals surface area contributed by atoms with E-state index in [0.29, 0.717) is 11.1 Å². The van der Waals surface area contributed by atoms with Crippen LogP contribution in [-0.4, -0.2) is 22.8 Å². The van der Waals surface area contributed by atoms with E-state index in [0.717, 1.165) is 5.56 Å². The lowest BCUT2D eigenvalue weighted by Gasteiger charge is -2.03. The van der Waals surface area contributed by atoms with Gasteiger partial charge in [-0.3, -0.25) is 0 Å². The fraction of sp³-hybridized carbons (Fsp3) is 0.105. The van der Waals surface area contributed by atoms with E-state index in [1.165, 1.54) is 12.1 Å². The number of rotatable bonds is 5. The molecular weight excluding hydrogens is 292 g/mol. The molecule has 2 rings (SSSR count). The van der Waals surface area contributed by atoms with Crippen LogP contribution in [-0.2, 0) is 9.53 Å². The lowest BCUT2D eigenvalue weighted by molar-refractivity contribution is -0.137. The van der Waals surface area contributed by atoms with Gasteiger partial charge in [0.05, 0.1) is 0 Å². The molecule has 2 aromatic rings. The highest BCUT2D eigenvalue weighted by Crippen LogP contribution is 2.25. The first-order valence-corrected chi connectivity index (χ1v) is 7.15. The van der Waals surface area contributed by atoms with Crippen LogP contribution in [0.2, 0.25) is 0 Å². The molecule has 0 aliphatic carbocycles. The Labute approximate surface area is 135 Å². The van der Waals surface area contributed by atoms with E-state index in [1.807, 2.05) is 36.4 Å². The van der Waals surface area contributed by atoms with Crippen molar-refractivity contribution in [3.05, 3.63) is 71.3 Å². The van der Waals surface area contributed by atoms with E-state index < -0.39 is 5.97 Å². The summed E-state index contributed by atoms with van der Waals surface area (Å²) in [5, 5.41) is 18.7. The minimum absolute atomic E-state index is 0.180. The molecule has 0 radical (unpaired) electrons. The number of hydrogen-bond donors (Lipinski definition) is 2. The molecule has 0 amide bonds. The number of aromatic hydroxyl groups is 2. The minimum Gasteiger partial charge on any atom is -0.504 e. The smallest absolute Gasteiger partial charge is 0.334 e. The van der Waals surface area contributed by atoms with Crippen LogP contribution >= 0.6 is 0 Å². The highest BCUT2D eigenvalue weighted by molar-refractivity contribution is 5.93. The average molecular weight is 310 g/mol. The Morgan fingerprint density at radius 1 is 1.04 bits per heavy atom. The zero-order valence-corrected chi connectivity index (χ0v) is 12.8. The maximum atomic E-state index is 11.9. The monoisotopic (exact) mass is 310 g/mol. The number of esters is 1. The van der Waals surface area contributed by atoms with Crippen LogP contribution in [0.3, 0.4) is 0 Å². The largest absolute Gasteiger partial charge is 0.504 e. The van der Waals surface area contributed by atoms with Crippen LogP contribution in [0.4, 0.5) is 0 Å². The minimum atomic E-state index is -0.435. The molecule has 0 aromatic heterocycles. The second kappa shape index (κ2) is 7.84. The Morgan fingerprint density at radius 2 is 1.78 bits per heavy atom. The Bertz CT molecular complexity index is 730. The molecule has 0 aliphatic heterocycles. The number of carbonyl (C=O) groups is 1. The van der Waals surface area contributed by atoms with E-state index in [2.05, 4.69) is 0 Å². The van der Waals surface area contributed by atoms with Gasteiger partial charge in [-0.05, 0) is 42.3 Å². The molecule has 0 fully saturated rings. The number of ether oxygens (including phenoxy) is 1. The van der Waals surface area contributed by atoms with Crippen LogP contribution in [0.15, 0.2) is 60.2 Å². The Balaban J connectivity index is 1.90. The molecule has 0 saturated carbocycles. The van der Waals surface area contributed by atoms with Crippen molar-refractivity contribution >= 4 is 18.1 Å². The maximum absolute atomic E-state index is 11.9. The fourth-order valence-corrected chi connectivity index (χ4v) is 1.93. The predicted octanol–water partition coefficient (Wildman–Crippen LogP) is 3.76. The molecule has 0 atom stereocenters. The predicted molar refractivity (Wildman–Crippen MR) is 89.9 cm³/mol. The Kier molecular flexibility index (Phi) is 5.58. The van der Waals surface area contributed by atoms with Crippen LogP contribution in [0.1, 0.15) is 18.1 Å². The van der Waals surface area contributed by atoms with E-state index in [-0.39, 0.29) is 18.1 Å². The first-order valence-electron chi connectivity index (χ1n) is 7.15. The molecule has 2 aromatic carbocycles. The maximum Gasteiger partial charge on any atom is 0.334 e. The summed E-state index contributed by atoms with van der Waals surface area (Å²) < 4.78 is 5.15. The zero-order chi connectivity index (χ0) is 16.7. The number of phenolic OH excluding ortho intramolecular Hbond substituents is 2. The summed E-state index contributed by atoms with van der Waals surface area (Å²) in [6.45, 7) is 1.81. The number of hydrogen-bond acceptors (Lipinski definition) is 4. The third-order valence-electron chi connectivity index (χ3n) is 3.13. The molecular formula is C19H18O4. The topological polar surface area (TPSA) is 66.8 Å². The summed E-state index contributed by atoms with van der Waals surface area (Å²) in [4.78, 5) is 11.9. The van der Waals surface area contributed by atoms with E-state index in [1.54, 1.807) is 25.1 Å². The molecule has 0 heterocycles. The van der Waals surface area contributed by atoms with Crippen molar-refractivity contribution < 1.29 is 19.7 Å². The van der Waals surface area contributed by atoms with Gasteiger partial charge >= 0.3 is 5.97 Å². The van der Waals surface area contributed by atoms with E-state index >= 15 is 0 Å². The van der Waals surface area contributed by atoms with Crippen molar-refractivity contribution in [3.63, 3.8) is 0 Å². The highest BCUT2D eigenvalue weighted by atomic mass is 16.5. The number of carbonyl (C=O) groups excluding carboxylic acids is 1. The molecule has 0 aliphatic rings. The fourth-order valence-electron chi connectivity index (χ4n) is 1.93. The van der Waals surface area contributed by atoms with Gasteiger partial charge in [-0.25, -0.2) is 4.79 Å². The van der Waals surface area contributed by atoms with Gasteiger partial charge in [0, 0.05) is 5.57 Å². The van der Waals surface area contributed by atoms with Crippen molar-refractivity contribution in [2.24, 2.45) is 0 Å². The van der Waals surface area contributed by atoms with Gasteiger partial charge in [-0.2, -0.15) is 0 Å². The molecule has 4 heteroatoms. The summed E-state index contributed by atoms with van der Waals surface area (Å²) in [6.07, 6.45) is 5.24. The van der Waals surface area contributed by atoms with Gasteiger partial charge < -0.3 is 14.9 Å². The second-order valence-corrected chi connectivity index (χ2v) is 4.99. The quantitative estimate of drug-likeness (QED) is 0.501. The molecule has 4 nitrogen and oxygen atoms in total. The number of phenols is 2. The van der Waals surface area contributed by atoms with Crippen LogP contribution in [0, 0.1) is 0 Å². The molecule has 23 heavy (non-hydrogen) atoms. The lowest BCUT2D eigenvalue weighted by atomic mass is 10.1. The lowest BCUT2D eigenvalue weighted by Crippen LogP contribution is -2.05. The molecule has 118 valence electrons. The third-order valence-corrected chi connectivity index (χ3v) is 3.13. The van der Waals surface area contributed by atoms with Gasteiger partial charge in [0.15, 0.2) is 11.5 Å².